The first-order valence-electron chi connectivity index (χ1n) is 7.36. The maximum absolute atomic E-state index is 6.62. The molecular weight excluding hydrogens is 299 g/mol. The molecule has 1 unspecified atom stereocenters. The summed E-state index contributed by atoms with van der Waals surface area (Å²) in [5, 5.41) is 0.548. The number of aryl methyl sites for hydroxylation is 1. The number of benzene rings is 2. The van der Waals surface area contributed by atoms with E-state index in [4.69, 9.17) is 23.2 Å². The molecule has 0 saturated heterocycles. The molecule has 0 bridgehead atoms. The number of alkyl halides is 1. The Labute approximate surface area is 138 Å². The van der Waals surface area contributed by atoms with Gasteiger partial charge in [0.2, 0.25) is 0 Å². The molecule has 112 valence electrons. The third-order valence-corrected chi connectivity index (χ3v) is 5.37. The van der Waals surface area contributed by atoms with Crippen LogP contribution in [0.2, 0.25) is 5.02 Å². The van der Waals surface area contributed by atoms with Gasteiger partial charge in [0.25, 0.3) is 0 Å². The lowest BCUT2D eigenvalue weighted by Crippen LogP contribution is -2.15. The molecule has 0 nitrogen and oxygen atoms in total. The van der Waals surface area contributed by atoms with Crippen molar-refractivity contribution in [2.75, 3.05) is 0 Å². The summed E-state index contributed by atoms with van der Waals surface area (Å²) in [6.45, 7) is 8.74. The van der Waals surface area contributed by atoms with Crippen LogP contribution in [0.25, 0.3) is 0 Å². The van der Waals surface area contributed by atoms with Crippen molar-refractivity contribution in [1.82, 2.24) is 0 Å². The minimum Gasteiger partial charge on any atom is -0.113 e. The maximum atomic E-state index is 6.62. The van der Waals surface area contributed by atoms with Gasteiger partial charge in [-0.05, 0) is 41.0 Å². The summed E-state index contributed by atoms with van der Waals surface area (Å²) in [7, 11) is 0. The van der Waals surface area contributed by atoms with Gasteiger partial charge in [-0.2, -0.15) is 0 Å². The van der Waals surface area contributed by atoms with E-state index in [9.17, 15) is 0 Å². The Bertz CT molecular complexity index is 612. The van der Waals surface area contributed by atoms with Gasteiger partial charge in [0.1, 0.15) is 0 Å². The predicted octanol–water partition coefficient (Wildman–Crippen LogP) is 6.66. The highest BCUT2D eigenvalue weighted by atomic mass is 35.5. The number of hydrogen-bond acceptors (Lipinski definition) is 0. The highest BCUT2D eigenvalue weighted by Gasteiger charge is 2.19. The topological polar surface area (TPSA) is 0 Å². The summed E-state index contributed by atoms with van der Waals surface area (Å²) in [6, 6.07) is 14.6. The molecule has 2 aromatic carbocycles. The van der Waals surface area contributed by atoms with E-state index < -0.39 is 0 Å². The van der Waals surface area contributed by atoms with E-state index in [-0.39, 0.29) is 10.8 Å². The molecule has 0 fully saturated rings. The van der Waals surface area contributed by atoms with Crippen LogP contribution in [0.4, 0.5) is 0 Å². The van der Waals surface area contributed by atoms with E-state index in [1.165, 1.54) is 5.56 Å². The highest BCUT2D eigenvalue weighted by molar-refractivity contribution is 6.33. The highest BCUT2D eigenvalue weighted by Crippen LogP contribution is 2.36. The average Bonchev–Trinajstić information content (AvgIpc) is 2.49. The van der Waals surface area contributed by atoms with Crippen LogP contribution >= 0.6 is 23.2 Å². The molecule has 0 heterocycles. The molecule has 0 aliphatic carbocycles. The van der Waals surface area contributed by atoms with E-state index in [1.807, 2.05) is 25.1 Å². The Morgan fingerprint density at radius 2 is 1.67 bits per heavy atom. The molecule has 21 heavy (non-hydrogen) atoms. The monoisotopic (exact) mass is 320 g/mol. The van der Waals surface area contributed by atoms with Crippen LogP contribution in [0.1, 0.15) is 54.8 Å². The SMILES string of the molecule is CCC(C)(C)c1ccc(C(Cl)c2cccc(C)c2Cl)cc1. The van der Waals surface area contributed by atoms with Crippen LogP contribution in [-0.4, -0.2) is 0 Å². The molecule has 0 aliphatic rings. The smallest absolute Gasteiger partial charge is 0.0849 e. The summed E-state index contributed by atoms with van der Waals surface area (Å²) in [5.74, 6) is 0. The van der Waals surface area contributed by atoms with Crippen LogP contribution in [0.15, 0.2) is 42.5 Å². The van der Waals surface area contributed by atoms with Gasteiger partial charge in [-0.25, -0.2) is 0 Å². The van der Waals surface area contributed by atoms with E-state index in [0.29, 0.717) is 0 Å². The molecule has 0 N–H and O–H groups in total. The average molecular weight is 321 g/mol. The van der Waals surface area contributed by atoms with Gasteiger partial charge in [0.15, 0.2) is 0 Å². The largest absolute Gasteiger partial charge is 0.113 e. The summed E-state index contributed by atoms with van der Waals surface area (Å²) < 4.78 is 0. The first kappa shape index (κ1) is 16.4. The lowest BCUT2D eigenvalue weighted by molar-refractivity contribution is 0.506. The number of hydrogen-bond donors (Lipinski definition) is 0. The van der Waals surface area contributed by atoms with Crippen LogP contribution in [0.5, 0.6) is 0 Å². The van der Waals surface area contributed by atoms with Crippen molar-refractivity contribution in [2.45, 2.75) is 44.9 Å². The summed E-state index contributed by atoms with van der Waals surface area (Å²) in [6.07, 6.45) is 1.11. The molecule has 1 atom stereocenters. The van der Waals surface area contributed by atoms with Crippen molar-refractivity contribution in [3.63, 3.8) is 0 Å². The Morgan fingerprint density at radius 1 is 1.05 bits per heavy atom. The van der Waals surface area contributed by atoms with Gasteiger partial charge in [-0.1, -0.05) is 74.8 Å². The normalized spacial score (nSPS) is 13.2. The minimum absolute atomic E-state index is 0.196. The quantitative estimate of drug-likeness (QED) is 0.552. The Morgan fingerprint density at radius 3 is 2.24 bits per heavy atom. The van der Waals surface area contributed by atoms with Gasteiger partial charge in [-0.15, -0.1) is 11.6 Å². The van der Waals surface area contributed by atoms with Crippen molar-refractivity contribution in [3.8, 4) is 0 Å². The first-order chi connectivity index (χ1) is 9.86. The Kier molecular flexibility index (Phi) is 5.01. The van der Waals surface area contributed by atoms with Gasteiger partial charge in [0, 0.05) is 5.02 Å². The first-order valence-corrected chi connectivity index (χ1v) is 8.17. The molecule has 0 saturated carbocycles. The predicted molar refractivity (Wildman–Crippen MR) is 93.6 cm³/mol. The third-order valence-electron chi connectivity index (χ3n) is 4.36. The van der Waals surface area contributed by atoms with Gasteiger partial charge < -0.3 is 0 Å². The molecule has 0 radical (unpaired) electrons. The fourth-order valence-electron chi connectivity index (χ4n) is 2.35. The molecule has 0 amide bonds. The zero-order chi connectivity index (χ0) is 15.6. The van der Waals surface area contributed by atoms with Crippen LogP contribution < -0.4 is 0 Å². The summed E-state index contributed by atoms with van der Waals surface area (Å²) in [4.78, 5) is 0. The fourth-order valence-corrected chi connectivity index (χ4v) is 2.97. The zero-order valence-corrected chi connectivity index (χ0v) is 14.6. The summed E-state index contributed by atoms with van der Waals surface area (Å²) in [5.41, 5.74) is 4.65. The van der Waals surface area contributed by atoms with Crippen molar-refractivity contribution < 1.29 is 0 Å². The van der Waals surface area contributed by atoms with Crippen molar-refractivity contribution >= 4 is 23.2 Å². The second kappa shape index (κ2) is 6.42. The van der Waals surface area contributed by atoms with E-state index in [1.54, 1.807) is 0 Å². The van der Waals surface area contributed by atoms with Crippen molar-refractivity contribution in [3.05, 3.63) is 69.7 Å². The van der Waals surface area contributed by atoms with Crippen LogP contribution in [0.3, 0.4) is 0 Å². The third kappa shape index (κ3) is 3.44. The molecule has 0 aromatic heterocycles. The van der Waals surface area contributed by atoms with E-state index >= 15 is 0 Å². The van der Waals surface area contributed by atoms with Crippen LogP contribution in [-0.2, 0) is 5.41 Å². The maximum Gasteiger partial charge on any atom is 0.0849 e. The van der Waals surface area contributed by atoms with Gasteiger partial charge in [0.05, 0.1) is 5.38 Å². The second-order valence-electron chi connectivity index (χ2n) is 6.20. The van der Waals surface area contributed by atoms with Gasteiger partial charge >= 0.3 is 0 Å². The van der Waals surface area contributed by atoms with E-state index in [0.717, 1.165) is 28.1 Å². The molecule has 0 aliphatic heterocycles. The molecule has 2 rings (SSSR count). The van der Waals surface area contributed by atoms with Crippen molar-refractivity contribution in [1.29, 1.82) is 0 Å². The van der Waals surface area contributed by atoms with Crippen LogP contribution in [0, 0.1) is 6.92 Å². The van der Waals surface area contributed by atoms with E-state index in [2.05, 4.69) is 45.0 Å². The van der Waals surface area contributed by atoms with Crippen molar-refractivity contribution in [2.24, 2.45) is 0 Å². The Balaban J connectivity index is 2.32. The van der Waals surface area contributed by atoms with Gasteiger partial charge in [-0.3, -0.25) is 0 Å². The lowest BCUT2D eigenvalue weighted by atomic mass is 9.82. The molecule has 2 aromatic rings. The molecular formula is C19H22Cl2. The zero-order valence-electron chi connectivity index (χ0n) is 13.1. The second-order valence-corrected chi connectivity index (χ2v) is 7.01. The standard InChI is InChI=1S/C19H22Cl2/c1-5-19(3,4)15-11-9-14(10-12-15)18(21)16-8-6-7-13(2)17(16)20/h6-12,18H,5H2,1-4H3. The lowest BCUT2D eigenvalue weighted by Gasteiger charge is -2.24. The number of rotatable bonds is 4. The molecule has 2 heteroatoms. The fraction of sp³-hybridized carbons (Fsp3) is 0.368. The number of halogens is 2. The molecule has 0 spiro atoms. The Hall–Kier alpha value is -0.980. The minimum atomic E-state index is -0.212. The summed E-state index contributed by atoms with van der Waals surface area (Å²) >= 11 is 13.0.